The van der Waals surface area contributed by atoms with E-state index in [2.05, 4.69) is 17.4 Å². The summed E-state index contributed by atoms with van der Waals surface area (Å²) < 4.78 is 5.25. The van der Waals surface area contributed by atoms with Gasteiger partial charge in [0, 0.05) is 19.3 Å². The van der Waals surface area contributed by atoms with Gasteiger partial charge in [0.05, 0.1) is 6.67 Å². The molecule has 0 aromatic heterocycles. The summed E-state index contributed by atoms with van der Waals surface area (Å²) in [6.07, 6.45) is 2.25. The molecule has 0 saturated carbocycles. The Kier molecular flexibility index (Phi) is 3.79. The van der Waals surface area contributed by atoms with Crippen LogP contribution in [-0.2, 0) is 4.74 Å². The van der Waals surface area contributed by atoms with E-state index in [1.54, 1.807) is 0 Å². The summed E-state index contributed by atoms with van der Waals surface area (Å²) in [6, 6.07) is 0.639. The molecule has 11 heavy (non-hydrogen) atoms. The lowest BCUT2D eigenvalue weighted by Gasteiger charge is -2.30. The van der Waals surface area contributed by atoms with Crippen LogP contribution in [0.25, 0.3) is 0 Å². The van der Waals surface area contributed by atoms with Crippen molar-refractivity contribution in [2.24, 2.45) is 5.84 Å². The van der Waals surface area contributed by atoms with Crippen molar-refractivity contribution in [1.82, 2.24) is 10.3 Å². The van der Waals surface area contributed by atoms with E-state index in [1.807, 2.05) is 0 Å². The number of nitrogens with two attached hydrogens (primary N) is 1. The van der Waals surface area contributed by atoms with E-state index < -0.39 is 0 Å². The van der Waals surface area contributed by atoms with Crippen LogP contribution in [0.15, 0.2) is 0 Å². The first kappa shape index (κ1) is 8.93. The van der Waals surface area contributed by atoms with Gasteiger partial charge < -0.3 is 4.74 Å². The standard InChI is InChI=1S/C7H17N3O/c1-10(6-9-8)7-2-4-11-5-3-7/h7,9H,2-6,8H2,1H3. The lowest BCUT2D eigenvalue weighted by atomic mass is 10.1. The van der Waals surface area contributed by atoms with Crippen molar-refractivity contribution in [3.05, 3.63) is 0 Å². The Morgan fingerprint density at radius 3 is 2.73 bits per heavy atom. The normalized spacial score (nSPS) is 21.0. The van der Waals surface area contributed by atoms with Gasteiger partial charge in [-0.05, 0) is 19.9 Å². The molecule has 66 valence electrons. The van der Waals surface area contributed by atoms with E-state index >= 15 is 0 Å². The van der Waals surface area contributed by atoms with Gasteiger partial charge in [0.25, 0.3) is 0 Å². The predicted molar refractivity (Wildman–Crippen MR) is 43.8 cm³/mol. The molecular formula is C7H17N3O. The summed E-state index contributed by atoms with van der Waals surface area (Å²) in [6.45, 7) is 2.53. The van der Waals surface area contributed by atoms with Crippen molar-refractivity contribution in [2.45, 2.75) is 18.9 Å². The third kappa shape index (κ3) is 2.75. The summed E-state index contributed by atoms with van der Waals surface area (Å²) >= 11 is 0. The first-order valence-corrected chi connectivity index (χ1v) is 4.06. The van der Waals surface area contributed by atoms with Gasteiger partial charge in [-0.1, -0.05) is 0 Å². The third-order valence-corrected chi connectivity index (χ3v) is 2.15. The zero-order valence-electron chi connectivity index (χ0n) is 7.05. The quantitative estimate of drug-likeness (QED) is 0.332. The Bertz CT molecular complexity index is 104. The van der Waals surface area contributed by atoms with Crippen LogP contribution in [0.5, 0.6) is 0 Å². The molecule has 0 unspecified atom stereocenters. The highest BCUT2D eigenvalue weighted by molar-refractivity contribution is 4.70. The van der Waals surface area contributed by atoms with Crippen LogP contribution in [0.2, 0.25) is 0 Å². The molecule has 0 amide bonds. The highest BCUT2D eigenvalue weighted by atomic mass is 16.5. The van der Waals surface area contributed by atoms with Crippen LogP contribution in [0, 0.1) is 0 Å². The second kappa shape index (κ2) is 4.66. The molecule has 0 atom stereocenters. The molecule has 0 aromatic rings. The summed E-state index contributed by atoms with van der Waals surface area (Å²) in [4.78, 5) is 2.22. The summed E-state index contributed by atoms with van der Waals surface area (Å²) in [5, 5.41) is 0. The average Bonchev–Trinajstić information content (AvgIpc) is 2.07. The summed E-state index contributed by atoms with van der Waals surface area (Å²) in [7, 11) is 2.08. The van der Waals surface area contributed by atoms with E-state index in [-0.39, 0.29) is 0 Å². The van der Waals surface area contributed by atoms with Crippen LogP contribution >= 0.6 is 0 Å². The molecule has 3 N–H and O–H groups in total. The number of ether oxygens (including phenoxy) is 1. The highest BCUT2D eigenvalue weighted by Crippen LogP contribution is 2.11. The van der Waals surface area contributed by atoms with E-state index in [9.17, 15) is 0 Å². The Hall–Kier alpha value is -0.160. The first-order valence-electron chi connectivity index (χ1n) is 4.06. The van der Waals surface area contributed by atoms with Crippen molar-refractivity contribution in [3.63, 3.8) is 0 Å². The number of rotatable bonds is 3. The first-order chi connectivity index (χ1) is 5.34. The predicted octanol–water partition coefficient (Wildman–Crippen LogP) is -0.482. The fraction of sp³-hybridized carbons (Fsp3) is 1.00. The topological polar surface area (TPSA) is 50.5 Å². The lowest BCUT2D eigenvalue weighted by molar-refractivity contribution is 0.0407. The van der Waals surface area contributed by atoms with E-state index in [0.29, 0.717) is 6.04 Å². The molecule has 0 spiro atoms. The molecule has 0 aromatic carbocycles. The van der Waals surface area contributed by atoms with Crippen LogP contribution in [-0.4, -0.2) is 37.9 Å². The monoisotopic (exact) mass is 159 g/mol. The third-order valence-electron chi connectivity index (χ3n) is 2.15. The fourth-order valence-corrected chi connectivity index (χ4v) is 1.40. The van der Waals surface area contributed by atoms with Gasteiger partial charge in [-0.2, -0.15) is 0 Å². The van der Waals surface area contributed by atoms with Gasteiger partial charge in [0.15, 0.2) is 0 Å². The Balaban J connectivity index is 2.21. The molecule has 1 saturated heterocycles. The molecule has 1 rings (SSSR count). The zero-order chi connectivity index (χ0) is 8.10. The maximum Gasteiger partial charge on any atom is 0.0612 e. The van der Waals surface area contributed by atoms with Crippen molar-refractivity contribution in [3.8, 4) is 0 Å². The van der Waals surface area contributed by atoms with E-state index in [1.165, 1.54) is 0 Å². The number of nitrogens with one attached hydrogen (secondary N) is 1. The average molecular weight is 159 g/mol. The van der Waals surface area contributed by atoms with Gasteiger partial charge >= 0.3 is 0 Å². The van der Waals surface area contributed by atoms with Crippen LogP contribution < -0.4 is 11.3 Å². The minimum absolute atomic E-state index is 0.639. The van der Waals surface area contributed by atoms with Crippen molar-refractivity contribution in [2.75, 3.05) is 26.9 Å². The fourth-order valence-electron chi connectivity index (χ4n) is 1.40. The number of hydrogen-bond donors (Lipinski definition) is 2. The molecule has 1 aliphatic rings. The van der Waals surface area contributed by atoms with E-state index in [4.69, 9.17) is 10.6 Å². The largest absolute Gasteiger partial charge is 0.381 e. The van der Waals surface area contributed by atoms with Gasteiger partial charge in [0.1, 0.15) is 0 Å². The molecule has 0 bridgehead atoms. The molecule has 4 heteroatoms. The second-order valence-electron chi connectivity index (χ2n) is 2.96. The van der Waals surface area contributed by atoms with Crippen LogP contribution in [0.1, 0.15) is 12.8 Å². The zero-order valence-corrected chi connectivity index (χ0v) is 7.05. The molecule has 1 aliphatic heterocycles. The Labute approximate surface area is 67.7 Å². The summed E-state index contributed by atoms with van der Waals surface area (Å²) in [5.41, 5.74) is 2.65. The number of nitrogens with zero attached hydrogens (tertiary/aromatic N) is 1. The Morgan fingerprint density at radius 2 is 2.18 bits per heavy atom. The van der Waals surface area contributed by atoms with Gasteiger partial charge in [-0.15, -0.1) is 0 Å². The molecule has 1 heterocycles. The van der Waals surface area contributed by atoms with Crippen LogP contribution in [0.3, 0.4) is 0 Å². The molecular weight excluding hydrogens is 142 g/mol. The maximum absolute atomic E-state index is 5.25. The van der Waals surface area contributed by atoms with E-state index in [0.717, 1.165) is 32.7 Å². The second-order valence-corrected chi connectivity index (χ2v) is 2.96. The highest BCUT2D eigenvalue weighted by Gasteiger charge is 2.17. The molecule has 0 radical (unpaired) electrons. The van der Waals surface area contributed by atoms with Gasteiger partial charge in [-0.3, -0.25) is 10.7 Å². The minimum atomic E-state index is 0.639. The SMILES string of the molecule is CN(CNN)C1CCOCC1. The molecule has 0 aliphatic carbocycles. The van der Waals surface area contributed by atoms with Crippen molar-refractivity contribution >= 4 is 0 Å². The lowest BCUT2D eigenvalue weighted by Crippen LogP contribution is -2.43. The summed E-state index contributed by atoms with van der Waals surface area (Å²) in [5.74, 6) is 5.21. The maximum atomic E-state index is 5.25. The molecule has 4 nitrogen and oxygen atoms in total. The van der Waals surface area contributed by atoms with Crippen molar-refractivity contribution < 1.29 is 4.74 Å². The van der Waals surface area contributed by atoms with Gasteiger partial charge in [-0.25, -0.2) is 5.43 Å². The number of hydrazine groups is 1. The minimum Gasteiger partial charge on any atom is -0.381 e. The van der Waals surface area contributed by atoms with Crippen molar-refractivity contribution in [1.29, 1.82) is 0 Å². The van der Waals surface area contributed by atoms with Crippen LogP contribution in [0.4, 0.5) is 0 Å². The smallest absolute Gasteiger partial charge is 0.0612 e. The number of hydrogen-bond acceptors (Lipinski definition) is 4. The molecule has 1 fully saturated rings. The Morgan fingerprint density at radius 1 is 1.55 bits per heavy atom. The van der Waals surface area contributed by atoms with Gasteiger partial charge in [0.2, 0.25) is 0 Å².